The second-order valence-electron chi connectivity index (χ2n) is 5.13. The molecule has 0 spiro atoms. The lowest BCUT2D eigenvalue weighted by Gasteiger charge is -2.30. The Morgan fingerprint density at radius 3 is 2.74 bits per heavy atom. The molecule has 0 bridgehead atoms. The maximum atomic E-state index is 13.0. The van der Waals surface area contributed by atoms with Gasteiger partial charge in [-0.3, -0.25) is 4.79 Å². The summed E-state index contributed by atoms with van der Waals surface area (Å²) >= 11 is 0. The van der Waals surface area contributed by atoms with Crippen LogP contribution in [0.5, 0.6) is 0 Å². The van der Waals surface area contributed by atoms with Gasteiger partial charge in [0.15, 0.2) is 0 Å². The molecule has 0 atom stereocenters. The highest BCUT2D eigenvalue weighted by Gasteiger charge is 2.20. The highest BCUT2D eigenvalue weighted by molar-refractivity contribution is 5.91. The molecule has 0 unspecified atom stereocenters. The molecule has 0 heterocycles. The van der Waals surface area contributed by atoms with Crippen molar-refractivity contribution in [3.05, 3.63) is 41.7 Å². The fourth-order valence-corrected chi connectivity index (χ4v) is 2.54. The zero-order chi connectivity index (χ0) is 13.7. The van der Waals surface area contributed by atoms with Crippen molar-refractivity contribution in [2.75, 3.05) is 7.05 Å². The average Bonchev–Trinajstić information content (AvgIpc) is 2.45. The van der Waals surface area contributed by atoms with Crippen molar-refractivity contribution < 1.29 is 9.18 Å². The van der Waals surface area contributed by atoms with Crippen molar-refractivity contribution in [3.63, 3.8) is 0 Å². The number of benzene rings is 1. The van der Waals surface area contributed by atoms with E-state index in [9.17, 15) is 9.18 Å². The van der Waals surface area contributed by atoms with E-state index >= 15 is 0 Å². The molecule has 0 aromatic heterocycles. The molecule has 102 valence electrons. The number of nitrogens with zero attached hydrogens (tertiary/aromatic N) is 1. The number of rotatable bonds is 3. The third-order valence-electron chi connectivity index (χ3n) is 3.74. The maximum absolute atomic E-state index is 13.0. The van der Waals surface area contributed by atoms with Gasteiger partial charge in [-0.25, -0.2) is 4.39 Å². The number of carbonyl (C=O) groups is 1. The predicted molar refractivity (Wildman–Crippen MR) is 75.1 cm³/mol. The van der Waals surface area contributed by atoms with Crippen molar-refractivity contribution in [1.82, 2.24) is 4.90 Å². The predicted octanol–water partition coefficient (Wildman–Crippen LogP) is 3.63. The number of carbonyl (C=O) groups excluding carboxylic acids is 1. The van der Waals surface area contributed by atoms with Crippen LogP contribution in [0.4, 0.5) is 4.39 Å². The Morgan fingerprint density at radius 2 is 2.05 bits per heavy atom. The van der Waals surface area contributed by atoms with Gasteiger partial charge in [0.1, 0.15) is 5.82 Å². The van der Waals surface area contributed by atoms with Gasteiger partial charge in [-0.05, 0) is 36.6 Å². The molecule has 2 rings (SSSR count). The van der Waals surface area contributed by atoms with Crippen molar-refractivity contribution >= 4 is 12.0 Å². The van der Waals surface area contributed by atoms with Gasteiger partial charge in [-0.15, -0.1) is 0 Å². The Hall–Kier alpha value is -1.64. The number of hydrogen-bond acceptors (Lipinski definition) is 1. The molecule has 0 saturated heterocycles. The minimum atomic E-state index is -0.282. The fourth-order valence-electron chi connectivity index (χ4n) is 2.54. The summed E-state index contributed by atoms with van der Waals surface area (Å²) in [5.41, 5.74) is 0.713. The van der Waals surface area contributed by atoms with Gasteiger partial charge in [-0.2, -0.15) is 0 Å². The molecule has 1 amide bonds. The van der Waals surface area contributed by atoms with Crippen LogP contribution in [-0.2, 0) is 4.79 Å². The highest BCUT2D eigenvalue weighted by atomic mass is 19.1. The van der Waals surface area contributed by atoms with Crippen LogP contribution in [0.25, 0.3) is 6.08 Å². The fraction of sp³-hybridized carbons (Fsp3) is 0.438. The van der Waals surface area contributed by atoms with Gasteiger partial charge in [0.05, 0.1) is 0 Å². The van der Waals surface area contributed by atoms with Crippen molar-refractivity contribution in [3.8, 4) is 0 Å². The summed E-state index contributed by atoms with van der Waals surface area (Å²) in [5, 5.41) is 0. The lowest BCUT2D eigenvalue weighted by Crippen LogP contribution is -2.37. The van der Waals surface area contributed by atoms with Crippen LogP contribution in [0.15, 0.2) is 30.3 Å². The molecule has 1 aliphatic carbocycles. The zero-order valence-corrected chi connectivity index (χ0v) is 11.3. The first-order valence-electron chi connectivity index (χ1n) is 6.87. The standard InChI is InChI=1S/C16H20FNO/c1-18(15-8-3-2-4-9-15)16(19)11-10-13-6-5-7-14(17)12-13/h5-7,10-12,15H,2-4,8-9H2,1H3/b11-10+. The Kier molecular flexibility index (Phi) is 4.72. The van der Waals surface area contributed by atoms with Crippen LogP contribution in [-0.4, -0.2) is 23.9 Å². The first-order valence-corrected chi connectivity index (χ1v) is 6.87. The maximum Gasteiger partial charge on any atom is 0.246 e. The highest BCUT2D eigenvalue weighted by Crippen LogP contribution is 2.21. The van der Waals surface area contributed by atoms with Crippen LogP contribution in [0.2, 0.25) is 0 Å². The Labute approximate surface area is 113 Å². The monoisotopic (exact) mass is 261 g/mol. The van der Waals surface area contributed by atoms with Crippen molar-refractivity contribution in [2.45, 2.75) is 38.1 Å². The molecule has 1 aromatic rings. The van der Waals surface area contributed by atoms with Crippen LogP contribution in [0.1, 0.15) is 37.7 Å². The van der Waals surface area contributed by atoms with Crippen molar-refractivity contribution in [1.29, 1.82) is 0 Å². The summed E-state index contributed by atoms with van der Waals surface area (Å²) < 4.78 is 13.0. The Bertz CT molecular complexity index is 464. The summed E-state index contributed by atoms with van der Waals surface area (Å²) in [5.74, 6) is -0.286. The van der Waals surface area contributed by atoms with Gasteiger partial charge in [0, 0.05) is 19.2 Å². The van der Waals surface area contributed by atoms with Crippen LogP contribution in [0.3, 0.4) is 0 Å². The molecule has 1 fully saturated rings. The Morgan fingerprint density at radius 1 is 1.32 bits per heavy atom. The minimum absolute atomic E-state index is 0.00355. The molecular weight excluding hydrogens is 241 g/mol. The molecule has 1 aromatic carbocycles. The largest absolute Gasteiger partial charge is 0.339 e. The third kappa shape index (κ3) is 3.91. The normalized spacial score (nSPS) is 16.7. The van der Waals surface area contributed by atoms with Crippen LogP contribution in [0, 0.1) is 5.82 Å². The van der Waals surface area contributed by atoms with E-state index in [0.717, 1.165) is 12.8 Å². The quantitative estimate of drug-likeness (QED) is 0.761. The summed E-state index contributed by atoms with van der Waals surface area (Å²) in [6, 6.07) is 6.61. The van der Waals surface area contributed by atoms with E-state index in [-0.39, 0.29) is 11.7 Å². The number of likely N-dealkylation sites (N-methyl/N-ethyl adjacent to an activating group) is 1. The van der Waals surface area contributed by atoms with Crippen molar-refractivity contribution in [2.24, 2.45) is 0 Å². The van der Waals surface area contributed by atoms with E-state index in [4.69, 9.17) is 0 Å². The summed E-state index contributed by atoms with van der Waals surface area (Å²) in [7, 11) is 1.86. The minimum Gasteiger partial charge on any atom is -0.339 e. The van der Waals surface area contributed by atoms with Crippen LogP contribution >= 0.6 is 0 Å². The third-order valence-corrected chi connectivity index (χ3v) is 3.74. The molecule has 1 aliphatic rings. The molecule has 0 radical (unpaired) electrons. The molecule has 0 aliphatic heterocycles. The van der Waals surface area contributed by atoms with Crippen LogP contribution < -0.4 is 0 Å². The van der Waals surface area contributed by atoms with Gasteiger partial charge >= 0.3 is 0 Å². The van der Waals surface area contributed by atoms with E-state index < -0.39 is 0 Å². The molecule has 19 heavy (non-hydrogen) atoms. The summed E-state index contributed by atoms with van der Waals surface area (Å²) in [6.45, 7) is 0. The molecule has 1 saturated carbocycles. The van der Waals surface area contributed by atoms with E-state index in [1.54, 1.807) is 18.2 Å². The van der Waals surface area contributed by atoms with Gasteiger partial charge in [0.25, 0.3) is 0 Å². The van der Waals surface area contributed by atoms with E-state index in [1.807, 2.05) is 11.9 Å². The topological polar surface area (TPSA) is 20.3 Å². The molecular formula is C16H20FNO. The SMILES string of the molecule is CN(C(=O)/C=C/c1cccc(F)c1)C1CCCCC1. The number of amides is 1. The second kappa shape index (κ2) is 6.50. The van der Waals surface area contributed by atoms with E-state index in [1.165, 1.54) is 37.5 Å². The molecule has 3 heteroatoms. The van der Waals surface area contributed by atoms with E-state index in [0.29, 0.717) is 11.6 Å². The average molecular weight is 261 g/mol. The van der Waals surface area contributed by atoms with Gasteiger partial charge in [-0.1, -0.05) is 31.4 Å². The molecule has 0 N–H and O–H groups in total. The first-order chi connectivity index (χ1) is 9.16. The lowest BCUT2D eigenvalue weighted by atomic mass is 9.94. The van der Waals surface area contributed by atoms with Gasteiger partial charge < -0.3 is 4.90 Å². The zero-order valence-electron chi connectivity index (χ0n) is 11.3. The smallest absolute Gasteiger partial charge is 0.246 e. The Balaban J connectivity index is 1.96. The van der Waals surface area contributed by atoms with Gasteiger partial charge in [0.2, 0.25) is 5.91 Å². The number of hydrogen-bond donors (Lipinski definition) is 0. The second-order valence-corrected chi connectivity index (χ2v) is 5.13. The molecule has 2 nitrogen and oxygen atoms in total. The lowest BCUT2D eigenvalue weighted by molar-refractivity contribution is -0.127. The summed E-state index contributed by atoms with van der Waals surface area (Å²) in [4.78, 5) is 13.9. The van der Waals surface area contributed by atoms with E-state index in [2.05, 4.69) is 0 Å². The first kappa shape index (κ1) is 13.8. The summed E-state index contributed by atoms with van der Waals surface area (Å²) in [6.07, 6.45) is 9.07. The number of halogens is 1.